The maximum absolute atomic E-state index is 12.6. The van der Waals surface area contributed by atoms with Gasteiger partial charge >= 0.3 is 0 Å². The first-order valence-corrected chi connectivity index (χ1v) is 9.83. The average Bonchev–Trinajstić information content (AvgIpc) is 2.74. The molecule has 1 aliphatic heterocycles. The lowest BCUT2D eigenvalue weighted by Crippen LogP contribution is -3.30. The zero-order valence-corrected chi connectivity index (χ0v) is 16.3. The van der Waals surface area contributed by atoms with E-state index in [0.717, 1.165) is 38.5 Å². The van der Waals surface area contributed by atoms with E-state index in [1.54, 1.807) is 18.2 Å². The molecular weight excluding hydrogens is 352 g/mol. The molecule has 0 aromatic heterocycles. The van der Waals surface area contributed by atoms with E-state index in [0.29, 0.717) is 17.9 Å². The Balaban J connectivity index is 1.41. The molecule has 1 aliphatic rings. The minimum Gasteiger partial charge on any atom is -0.488 e. The number of para-hydroxylation sites is 1. The smallest absolute Gasteiger partial charge is 0.282 e. The molecule has 6 nitrogen and oxygen atoms in total. The third-order valence-corrected chi connectivity index (χ3v) is 5.33. The first-order chi connectivity index (χ1) is 13.7. The zero-order chi connectivity index (χ0) is 19.8. The number of nitrogens with one attached hydrogen (secondary N) is 3. The van der Waals surface area contributed by atoms with Gasteiger partial charge in [-0.15, -0.1) is 0 Å². The molecule has 1 amide bonds. The van der Waals surface area contributed by atoms with Crippen LogP contribution in [0.4, 0.5) is 5.69 Å². The number of nitriles is 1. The standard InChI is InChI=1S/C22H26N4O2/c1-18(22(27)24-20-7-5-6-19(16-20)17-23)26-12-10-25(11-13-26)14-15-28-21-8-3-2-4-9-21/h2-9,16,18H,10-15H2,1H3,(H,24,27)/p+2/t18-/m1/s1. The molecule has 2 aromatic carbocycles. The number of carbonyl (C=O) groups is 1. The fraction of sp³-hybridized carbons (Fsp3) is 0.364. The highest BCUT2D eigenvalue weighted by Gasteiger charge is 2.30. The van der Waals surface area contributed by atoms with Crippen molar-refractivity contribution in [3.63, 3.8) is 0 Å². The van der Waals surface area contributed by atoms with Crippen LogP contribution in [0.1, 0.15) is 12.5 Å². The van der Waals surface area contributed by atoms with E-state index in [9.17, 15) is 4.79 Å². The quantitative estimate of drug-likeness (QED) is 0.620. The largest absolute Gasteiger partial charge is 0.488 e. The summed E-state index contributed by atoms with van der Waals surface area (Å²) in [6.45, 7) is 7.66. The van der Waals surface area contributed by atoms with Crippen molar-refractivity contribution in [2.75, 3.05) is 44.6 Å². The van der Waals surface area contributed by atoms with Gasteiger partial charge in [-0.25, -0.2) is 0 Å². The summed E-state index contributed by atoms with van der Waals surface area (Å²) in [4.78, 5) is 15.4. The van der Waals surface area contributed by atoms with Crippen LogP contribution in [0, 0.1) is 11.3 Å². The van der Waals surface area contributed by atoms with Crippen LogP contribution < -0.4 is 19.9 Å². The summed E-state index contributed by atoms with van der Waals surface area (Å²) in [5.41, 5.74) is 1.23. The van der Waals surface area contributed by atoms with Crippen molar-refractivity contribution in [1.82, 2.24) is 0 Å². The third kappa shape index (κ3) is 5.56. The van der Waals surface area contributed by atoms with E-state index in [1.165, 1.54) is 9.80 Å². The highest BCUT2D eigenvalue weighted by molar-refractivity contribution is 5.93. The summed E-state index contributed by atoms with van der Waals surface area (Å²) in [6, 6.07) is 18.9. The lowest BCUT2D eigenvalue weighted by atomic mass is 10.2. The molecule has 3 rings (SSSR count). The maximum atomic E-state index is 12.6. The molecule has 146 valence electrons. The molecule has 0 aliphatic carbocycles. The number of anilines is 1. The molecule has 6 heteroatoms. The van der Waals surface area contributed by atoms with Gasteiger partial charge < -0.3 is 19.9 Å². The molecule has 28 heavy (non-hydrogen) atoms. The van der Waals surface area contributed by atoms with Crippen LogP contribution in [0.15, 0.2) is 54.6 Å². The number of amides is 1. The predicted octanol–water partition coefficient (Wildman–Crippen LogP) is -0.252. The van der Waals surface area contributed by atoms with Crippen LogP contribution in [0.3, 0.4) is 0 Å². The van der Waals surface area contributed by atoms with Crippen LogP contribution in [0.2, 0.25) is 0 Å². The summed E-state index contributed by atoms with van der Waals surface area (Å²) < 4.78 is 5.79. The lowest BCUT2D eigenvalue weighted by molar-refractivity contribution is -1.02. The normalized spacial score (nSPS) is 20.0. The molecule has 3 N–H and O–H groups in total. The number of rotatable bonds is 7. The fourth-order valence-electron chi connectivity index (χ4n) is 3.54. The van der Waals surface area contributed by atoms with Gasteiger partial charge in [0.2, 0.25) is 0 Å². The number of quaternary nitrogens is 2. The van der Waals surface area contributed by atoms with Gasteiger partial charge in [0.05, 0.1) is 11.6 Å². The van der Waals surface area contributed by atoms with Crippen molar-refractivity contribution in [2.24, 2.45) is 0 Å². The number of carbonyl (C=O) groups excluding carboxylic acids is 1. The molecule has 0 unspecified atom stereocenters. The second-order valence-corrected chi connectivity index (χ2v) is 7.22. The predicted molar refractivity (Wildman–Crippen MR) is 107 cm³/mol. The van der Waals surface area contributed by atoms with Gasteiger partial charge in [0, 0.05) is 5.69 Å². The first kappa shape index (κ1) is 19.9. The van der Waals surface area contributed by atoms with E-state index in [2.05, 4.69) is 11.4 Å². The van der Waals surface area contributed by atoms with Crippen molar-refractivity contribution in [3.05, 3.63) is 60.2 Å². The Kier molecular flexibility index (Phi) is 7.01. The lowest BCUT2D eigenvalue weighted by Gasteiger charge is -2.32. The van der Waals surface area contributed by atoms with Crippen molar-refractivity contribution in [1.29, 1.82) is 5.26 Å². The molecule has 0 bridgehead atoms. The molecular formula is C22H28N4O2+2. The molecule has 0 saturated carbocycles. The number of ether oxygens (including phenoxy) is 1. The van der Waals surface area contributed by atoms with Crippen molar-refractivity contribution in [2.45, 2.75) is 13.0 Å². The van der Waals surface area contributed by atoms with Gasteiger partial charge in [-0.05, 0) is 37.3 Å². The van der Waals surface area contributed by atoms with Gasteiger partial charge in [-0.3, -0.25) is 4.79 Å². The summed E-state index contributed by atoms with van der Waals surface area (Å²) in [5, 5.41) is 11.9. The first-order valence-electron chi connectivity index (χ1n) is 9.83. The summed E-state index contributed by atoms with van der Waals surface area (Å²) in [7, 11) is 0. The van der Waals surface area contributed by atoms with Crippen LogP contribution in [-0.4, -0.2) is 51.3 Å². The molecule has 0 spiro atoms. The molecule has 1 fully saturated rings. The van der Waals surface area contributed by atoms with Crippen LogP contribution in [-0.2, 0) is 4.79 Å². The van der Waals surface area contributed by atoms with Gasteiger partial charge in [-0.2, -0.15) is 5.26 Å². The molecule has 1 saturated heterocycles. The second kappa shape index (κ2) is 9.88. The molecule has 1 heterocycles. The third-order valence-electron chi connectivity index (χ3n) is 5.33. The zero-order valence-electron chi connectivity index (χ0n) is 16.3. The van der Waals surface area contributed by atoms with Gasteiger partial charge in [0.1, 0.15) is 45.1 Å². The van der Waals surface area contributed by atoms with E-state index < -0.39 is 0 Å². The SMILES string of the molecule is C[C@H](C(=O)Nc1cccc(C#N)c1)[NH+]1CC[NH+](CCOc2ccccc2)CC1. The topological polar surface area (TPSA) is 71.0 Å². The van der Waals surface area contributed by atoms with E-state index in [1.807, 2.05) is 43.3 Å². The van der Waals surface area contributed by atoms with Gasteiger partial charge in [0.25, 0.3) is 5.91 Å². The van der Waals surface area contributed by atoms with E-state index >= 15 is 0 Å². The maximum Gasteiger partial charge on any atom is 0.282 e. The average molecular weight is 380 g/mol. The number of benzene rings is 2. The summed E-state index contributed by atoms with van der Waals surface area (Å²) in [5.74, 6) is 0.915. The Morgan fingerprint density at radius 3 is 2.61 bits per heavy atom. The summed E-state index contributed by atoms with van der Waals surface area (Å²) >= 11 is 0. The van der Waals surface area contributed by atoms with E-state index in [-0.39, 0.29) is 11.9 Å². The van der Waals surface area contributed by atoms with Crippen molar-refractivity contribution in [3.8, 4) is 11.8 Å². The minimum absolute atomic E-state index is 0.000880. The van der Waals surface area contributed by atoms with Crippen LogP contribution in [0.25, 0.3) is 0 Å². The van der Waals surface area contributed by atoms with Crippen LogP contribution in [0.5, 0.6) is 5.75 Å². The Morgan fingerprint density at radius 2 is 1.89 bits per heavy atom. The van der Waals surface area contributed by atoms with E-state index in [4.69, 9.17) is 10.00 Å². The number of nitrogens with zero attached hydrogens (tertiary/aromatic N) is 1. The van der Waals surface area contributed by atoms with Gasteiger partial charge in [-0.1, -0.05) is 24.3 Å². The Hall–Kier alpha value is -2.88. The molecule has 1 atom stereocenters. The van der Waals surface area contributed by atoms with Crippen molar-refractivity contribution < 1.29 is 19.3 Å². The van der Waals surface area contributed by atoms with Crippen molar-refractivity contribution >= 4 is 11.6 Å². The van der Waals surface area contributed by atoms with Gasteiger partial charge in [0.15, 0.2) is 6.04 Å². The monoisotopic (exact) mass is 380 g/mol. The Labute approximate surface area is 166 Å². The molecule has 2 aromatic rings. The highest BCUT2D eigenvalue weighted by Crippen LogP contribution is 2.10. The number of hydrogen-bond donors (Lipinski definition) is 3. The highest BCUT2D eigenvalue weighted by atomic mass is 16.5. The number of piperazine rings is 1. The minimum atomic E-state index is -0.118. The molecule has 0 radical (unpaired) electrons. The fourth-order valence-corrected chi connectivity index (χ4v) is 3.54. The second-order valence-electron chi connectivity index (χ2n) is 7.22. The van der Waals surface area contributed by atoms with Crippen LogP contribution >= 0.6 is 0 Å². The Bertz CT molecular complexity index is 811. The number of hydrogen-bond acceptors (Lipinski definition) is 3. The summed E-state index contributed by atoms with van der Waals surface area (Å²) in [6.07, 6.45) is 0. The Morgan fingerprint density at radius 1 is 1.14 bits per heavy atom.